The van der Waals surface area contributed by atoms with Gasteiger partial charge in [-0.05, 0) is 33.3 Å². The predicted octanol–water partition coefficient (Wildman–Crippen LogP) is 2.85. The highest BCUT2D eigenvalue weighted by Crippen LogP contribution is 2.15. The van der Waals surface area contributed by atoms with Gasteiger partial charge in [-0.15, -0.1) is 0 Å². The van der Waals surface area contributed by atoms with Gasteiger partial charge in [-0.25, -0.2) is 4.79 Å². The van der Waals surface area contributed by atoms with Gasteiger partial charge in [-0.3, -0.25) is 0 Å². The molecule has 0 radical (unpaired) electrons. The van der Waals surface area contributed by atoms with E-state index >= 15 is 0 Å². The zero-order chi connectivity index (χ0) is 12.9. The van der Waals surface area contributed by atoms with E-state index in [2.05, 4.69) is 0 Å². The summed E-state index contributed by atoms with van der Waals surface area (Å²) < 4.78 is 10.6. The molecule has 17 heavy (non-hydrogen) atoms. The molecule has 0 aromatic heterocycles. The number of hydrogen-bond acceptors (Lipinski definition) is 3. The molecular formula is C14H20O3. The monoisotopic (exact) mass is 236 g/mol. The number of hydrogen-bond donors (Lipinski definition) is 0. The molecule has 1 aromatic carbocycles. The van der Waals surface area contributed by atoms with Crippen molar-refractivity contribution < 1.29 is 14.3 Å². The molecule has 0 spiro atoms. The van der Waals surface area contributed by atoms with Crippen molar-refractivity contribution in [2.24, 2.45) is 0 Å². The fourth-order valence-electron chi connectivity index (χ4n) is 1.43. The van der Waals surface area contributed by atoms with Crippen LogP contribution in [0, 0.1) is 6.92 Å². The van der Waals surface area contributed by atoms with Crippen molar-refractivity contribution in [2.75, 3.05) is 6.61 Å². The Morgan fingerprint density at radius 1 is 1.35 bits per heavy atom. The van der Waals surface area contributed by atoms with E-state index in [0.29, 0.717) is 13.2 Å². The third-order valence-corrected chi connectivity index (χ3v) is 2.45. The largest absolute Gasteiger partial charge is 0.464 e. The Kier molecular flexibility index (Phi) is 4.70. The van der Waals surface area contributed by atoms with Crippen molar-refractivity contribution in [3.8, 4) is 0 Å². The van der Waals surface area contributed by atoms with Crippen LogP contribution in [0.3, 0.4) is 0 Å². The molecular weight excluding hydrogens is 216 g/mol. The summed E-state index contributed by atoms with van der Waals surface area (Å²) >= 11 is 0. The molecule has 0 aliphatic heterocycles. The van der Waals surface area contributed by atoms with Crippen LogP contribution in [0.15, 0.2) is 24.3 Å². The lowest BCUT2D eigenvalue weighted by atomic mass is 10.1. The molecule has 0 aliphatic carbocycles. The van der Waals surface area contributed by atoms with Crippen LogP contribution in [-0.2, 0) is 20.9 Å². The Morgan fingerprint density at radius 3 is 2.65 bits per heavy atom. The van der Waals surface area contributed by atoms with E-state index in [1.807, 2.05) is 31.2 Å². The summed E-state index contributed by atoms with van der Waals surface area (Å²) in [5.74, 6) is -0.326. The van der Waals surface area contributed by atoms with Crippen molar-refractivity contribution in [1.29, 1.82) is 0 Å². The van der Waals surface area contributed by atoms with E-state index < -0.39 is 5.60 Å². The topological polar surface area (TPSA) is 35.5 Å². The van der Waals surface area contributed by atoms with E-state index in [0.717, 1.165) is 5.56 Å². The second-order valence-corrected chi connectivity index (χ2v) is 4.51. The maximum absolute atomic E-state index is 11.6. The van der Waals surface area contributed by atoms with E-state index in [4.69, 9.17) is 9.47 Å². The normalized spacial score (nSPS) is 11.3. The molecule has 0 bridgehead atoms. The Bertz CT molecular complexity index is 383. The number of rotatable bonds is 5. The number of aryl methyl sites for hydroxylation is 1. The summed E-state index contributed by atoms with van der Waals surface area (Å²) in [6.07, 6.45) is 0. The number of carbonyl (C=O) groups excluding carboxylic acids is 1. The van der Waals surface area contributed by atoms with Crippen LogP contribution in [0.25, 0.3) is 0 Å². The first-order valence-corrected chi connectivity index (χ1v) is 5.82. The first kappa shape index (κ1) is 13.7. The van der Waals surface area contributed by atoms with Gasteiger partial charge in [-0.1, -0.05) is 29.8 Å². The maximum atomic E-state index is 11.6. The van der Waals surface area contributed by atoms with Crippen LogP contribution in [0.4, 0.5) is 0 Å². The van der Waals surface area contributed by atoms with Crippen LogP contribution < -0.4 is 0 Å². The van der Waals surface area contributed by atoms with Crippen LogP contribution in [-0.4, -0.2) is 18.2 Å². The highest BCUT2D eigenvalue weighted by atomic mass is 16.6. The van der Waals surface area contributed by atoms with Gasteiger partial charge < -0.3 is 9.47 Å². The zero-order valence-electron chi connectivity index (χ0n) is 10.9. The molecule has 3 nitrogen and oxygen atoms in total. The molecule has 0 saturated carbocycles. The van der Waals surface area contributed by atoms with Crippen molar-refractivity contribution >= 4 is 5.97 Å². The number of esters is 1. The van der Waals surface area contributed by atoms with Gasteiger partial charge >= 0.3 is 5.97 Å². The molecule has 0 heterocycles. The third-order valence-electron chi connectivity index (χ3n) is 2.45. The van der Waals surface area contributed by atoms with Crippen molar-refractivity contribution in [3.63, 3.8) is 0 Å². The minimum Gasteiger partial charge on any atom is -0.464 e. The fourth-order valence-corrected chi connectivity index (χ4v) is 1.43. The molecule has 0 fully saturated rings. The average molecular weight is 236 g/mol. The maximum Gasteiger partial charge on any atom is 0.337 e. The molecule has 0 atom stereocenters. The van der Waals surface area contributed by atoms with E-state index in [9.17, 15) is 4.79 Å². The molecule has 0 unspecified atom stereocenters. The van der Waals surface area contributed by atoms with Gasteiger partial charge in [0.1, 0.15) is 0 Å². The molecule has 0 saturated heterocycles. The van der Waals surface area contributed by atoms with Gasteiger partial charge in [-0.2, -0.15) is 0 Å². The second kappa shape index (κ2) is 5.82. The Balaban J connectivity index is 2.57. The molecule has 1 rings (SSSR count). The highest BCUT2D eigenvalue weighted by molar-refractivity contribution is 5.78. The summed E-state index contributed by atoms with van der Waals surface area (Å²) in [6.45, 7) is 8.04. The third kappa shape index (κ3) is 4.19. The first-order chi connectivity index (χ1) is 7.95. The van der Waals surface area contributed by atoms with Crippen LogP contribution in [0.1, 0.15) is 31.9 Å². The predicted molar refractivity (Wildman–Crippen MR) is 66.7 cm³/mol. The molecule has 1 aromatic rings. The standard InChI is InChI=1S/C14H20O3/c1-5-16-13(15)14(3,4)17-10-12-8-6-7-11(2)9-12/h6-9H,5,10H2,1-4H3. The summed E-state index contributed by atoms with van der Waals surface area (Å²) in [7, 11) is 0. The average Bonchev–Trinajstić information content (AvgIpc) is 2.27. The summed E-state index contributed by atoms with van der Waals surface area (Å²) in [4.78, 5) is 11.6. The summed E-state index contributed by atoms with van der Waals surface area (Å²) in [5.41, 5.74) is 1.34. The fraction of sp³-hybridized carbons (Fsp3) is 0.500. The number of benzene rings is 1. The minimum absolute atomic E-state index is 0.326. The molecule has 3 heteroatoms. The van der Waals surface area contributed by atoms with E-state index in [-0.39, 0.29) is 5.97 Å². The first-order valence-electron chi connectivity index (χ1n) is 5.82. The highest BCUT2D eigenvalue weighted by Gasteiger charge is 2.29. The van der Waals surface area contributed by atoms with Gasteiger partial charge in [0, 0.05) is 0 Å². The van der Waals surface area contributed by atoms with Crippen molar-refractivity contribution in [3.05, 3.63) is 35.4 Å². The quantitative estimate of drug-likeness (QED) is 0.737. The smallest absolute Gasteiger partial charge is 0.337 e. The second-order valence-electron chi connectivity index (χ2n) is 4.51. The molecule has 0 aliphatic rings. The Morgan fingerprint density at radius 2 is 2.06 bits per heavy atom. The Labute approximate surface area is 103 Å². The van der Waals surface area contributed by atoms with Gasteiger partial charge in [0.05, 0.1) is 13.2 Å². The number of carbonyl (C=O) groups is 1. The lowest BCUT2D eigenvalue weighted by Crippen LogP contribution is -2.36. The van der Waals surface area contributed by atoms with Crippen molar-refractivity contribution in [1.82, 2.24) is 0 Å². The van der Waals surface area contributed by atoms with Crippen LogP contribution >= 0.6 is 0 Å². The lowest BCUT2D eigenvalue weighted by Gasteiger charge is -2.23. The lowest BCUT2D eigenvalue weighted by molar-refractivity contribution is -0.169. The summed E-state index contributed by atoms with van der Waals surface area (Å²) in [5, 5.41) is 0. The SMILES string of the molecule is CCOC(=O)C(C)(C)OCc1cccc(C)c1. The molecule has 0 amide bonds. The van der Waals surface area contributed by atoms with Crippen LogP contribution in [0.5, 0.6) is 0 Å². The van der Waals surface area contributed by atoms with Gasteiger partial charge in [0.25, 0.3) is 0 Å². The van der Waals surface area contributed by atoms with Gasteiger partial charge in [0.2, 0.25) is 0 Å². The number of ether oxygens (including phenoxy) is 2. The minimum atomic E-state index is -0.903. The Hall–Kier alpha value is -1.35. The van der Waals surface area contributed by atoms with E-state index in [1.54, 1.807) is 20.8 Å². The van der Waals surface area contributed by atoms with Crippen molar-refractivity contribution in [2.45, 2.75) is 39.9 Å². The van der Waals surface area contributed by atoms with E-state index in [1.165, 1.54) is 5.56 Å². The van der Waals surface area contributed by atoms with Crippen LogP contribution in [0.2, 0.25) is 0 Å². The summed E-state index contributed by atoms with van der Waals surface area (Å²) in [6, 6.07) is 8.03. The molecule has 0 N–H and O–H groups in total. The molecule has 94 valence electrons. The zero-order valence-corrected chi connectivity index (χ0v) is 10.9. The van der Waals surface area contributed by atoms with Gasteiger partial charge in [0.15, 0.2) is 5.60 Å².